The number of ether oxygens (including phenoxy) is 1. The fourth-order valence-corrected chi connectivity index (χ4v) is 2.81. The molecule has 4 nitrogen and oxygen atoms in total. The van der Waals surface area contributed by atoms with Crippen molar-refractivity contribution in [1.82, 2.24) is 0 Å². The van der Waals surface area contributed by atoms with E-state index < -0.39 is 5.97 Å². The number of benzene rings is 1. The molecule has 1 heterocycles. The molecule has 1 N–H and O–H groups in total. The standard InChI is InChI=1S/C15H14ClNO3S/c1-9-5-10(2)7-11(6-9)17-14(18)8-20-15(19)12-3-4-13(16)21-12/h3-7H,8H2,1-2H3,(H,17,18). The maximum absolute atomic E-state index is 11.8. The van der Waals surface area contributed by atoms with E-state index in [1.807, 2.05) is 32.0 Å². The van der Waals surface area contributed by atoms with Gasteiger partial charge in [-0.05, 0) is 49.2 Å². The zero-order chi connectivity index (χ0) is 15.4. The summed E-state index contributed by atoms with van der Waals surface area (Å²) in [5.74, 6) is -0.932. The third-order valence-electron chi connectivity index (χ3n) is 2.61. The zero-order valence-corrected chi connectivity index (χ0v) is 13.2. The van der Waals surface area contributed by atoms with E-state index in [1.165, 1.54) is 0 Å². The van der Waals surface area contributed by atoms with Crippen LogP contribution in [0.15, 0.2) is 30.3 Å². The Kier molecular flexibility index (Phi) is 4.98. The second-order valence-electron chi connectivity index (χ2n) is 4.60. The summed E-state index contributed by atoms with van der Waals surface area (Å²) < 4.78 is 5.44. The molecule has 0 aliphatic carbocycles. The molecule has 110 valence electrons. The molecular weight excluding hydrogens is 310 g/mol. The number of rotatable bonds is 4. The van der Waals surface area contributed by atoms with Crippen molar-refractivity contribution in [2.45, 2.75) is 13.8 Å². The lowest BCUT2D eigenvalue weighted by molar-refractivity contribution is -0.119. The van der Waals surface area contributed by atoms with Gasteiger partial charge in [0.05, 0.1) is 4.34 Å². The number of anilines is 1. The summed E-state index contributed by atoms with van der Waals surface area (Å²) in [4.78, 5) is 23.8. The van der Waals surface area contributed by atoms with Crippen LogP contribution in [0.4, 0.5) is 5.69 Å². The number of aryl methyl sites for hydroxylation is 2. The molecule has 0 aliphatic rings. The Balaban J connectivity index is 1.88. The van der Waals surface area contributed by atoms with Crippen molar-refractivity contribution in [1.29, 1.82) is 0 Å². The van der Waals surface area contributed by atoms with Crippen LogP contribution in [0.25, 0.3) is 0 Å². The number of thiophene rings is 1. The molecule has 0 fully saturated rings. The van der Waals surface area contributed by atoms with Crippen molar-refractivity contribution in [2.24, 2.45) is 0 Å². The summed E-state index contributed by atoms with van der Waals surface area (Å²) in [5, 5.41) is 2.70. The average Bonchev–Trinajstić information content (AvgIpc) is 2.81. The van der Waals surface area contributed by atoms with Gasteiger partial charge in [0, 0.05) is 5.69 Å². The van der Waals surface area contributed by atoms with Gasteiger partial charge in [-0.15, -0.1) is 11.3 Å². The van der Waals surface area contributed by atoms with Crippen LogP contribution in [0.1, 0.15) is 20.8 Å². The van der Waals surface area contributed by atoms with E-state index in [4.69, 9.17) is 16.3 Å². The molecule has 1 amide bonds. The normalized spacial score (nSPS) is 10.2. The lowest BCUT2D eigenvalue weighted by Crippen LogP contribution is -2.20. The van der Waals surface area contributed by atoms with Crippen molar-refractivity contribution in [2.75, 3.05) is 11.9 Å². The molecule has 0 saturated carbocycles. The predicted octanol–water partition coefficient (Wildman–Crippen LogP) is 3.81. The van der Waals surface area contributed by atoms with Crippen molar-refractivity contribution in [3.63, 3.8) is 0 Å². The van der Waals surface area contributed by atoms with Gasteiger partial charge in [-0.2, -0.15) is 0 Å². The second kappa shape index (κ2) is 6.74. The van der Waals surface area contributed by atoms with Gasteiger partial charge < -0.3 is 10.1 Å². The van der Waals surface area contributed by atoms with Crippen molar-refractivity contribution < 1.29 is 14.3 Å². The first-order chi connectivity index (χ1) is 9.94. The lowest BCUT2D eigenvalue weighted by Gasteiger charge is -2.08. The molecule has 6 heteroatoms. The molecule has 1 aromatic heterocycles. The van der Waals surface area contributed by atoms with Gasteiger partial charge in [-0.3, -0.25) is 4.79 Å². The number of hydrogen-bond donors (Lipinski definition) is 1. The Morgan fingerprint density at radius 1 is 1.19 bits per heavy atom. The number of esters is 1. The number of halogens is 1. The van der Waals surface area contributed by atoms with Gasteiger partial charge in [0.15, 0.2) is 6.61 Å². The molecule has 0 radical (unpaired) electrons. The molecule has 0 saturated heterocycles. The van der Waals surface area contributed by atoms with Gasteiger partial charge in [-0.1, -0.05) is 17.7 Å². The summed E-state index contributed by atoms with van der Waals surface area (Å²) in [6.07, 6.45) is 0. The molecule has 2 rings (SSSR count). The van der Waals surface area contributed by atoms with E-state index in [0.29, 0.717) is 14.9 Å². The van der Waals surface area contributed by atoms with E-state index in [-0.39, 0.29) is 12.5 Å². The highest BCUT2D eigenvalue weighted by molar-refractivity contribution is 7.17. The fraction of sp³-hybridized carbons (Fsp3) is 0.200. The Morgan fingerprint density at radius 3 is 2.43 bits per heavy atom. The van der Waals surface area contributed by atoms with Crippen LogP contribution in [0.5, 0.6) is 0 Å². The maximum Gasteiger partial charge on any atom is 0.348 e. The number of carbonyl (C=O) groups excluding carboxylic acids is 2. The smallest absolute Gasteiger partial charge is 0.348 e. The first-order valence-corrected chi connectivity index (χ1v) is 7.44. The van der Waals surface area contributed by atoms with Gasteiger partial charge in [0.1, 0.15) is 4.88 Å². The van der Waals surface area contributed by atoms with E-state index >= 15 is 0 Å². The third kappa shape index (κ3) is 4.58. The fourth-order valence-electron chi connectivity index (χ4n) is 1.87. The maximum atomic E-state index is 11.8. The highest BCUT2D eigenvalue weighted by atomic mass is 35.5. The van der Waals surface area contributed by atoms with Gasteiger partial charge in [0.25, 0.3) is 5.91 Å². The Morgan fingerprint density at radius 2 is 1.86 bits per heavy atom. The van der Waals surface area contributed by atoms with E-state index in [0.717, 1.165) is 22.5 Å². The average molecular weight is 324 g/mol. The van der Waals surface area contributed by atoms with Gasteiger partial charge >= 0.3 is 5.97 Å². The summed E-state index contributed by atoms with van der Waals surface area (Å²) in [6, 6.07) is 8.89. The second-order valence-corrected chi connectivity index (χ2v) is 6.32. The van der Waals surface area contributed by atoms with Crippen LogP contribution in [-0.4, -0.2) is 18.5 Å². The van der Waals surface area contributed by atoms with E-state index in [2.05, 4.69) is 5.32 Å². The summed E-state index contributed by atoms with van der Waals surface area (Å²) in [6.45, 7) is 3.56. The molecular formula is C15H14ClNO3S. The number of nitrogens with one attached hydrogen (secondary N) is 1. The molecule has 0 aliphatic heterocycles. The Hall–Kier alpha value is -1.85. The van der Waals surface area contributed by atoms with Crippen LogP contribution in [0, 0.1) is 13.8 Å². The quantitative estimate of drug-likeness (QED) is 0.870. The van der Waals surface area contributed by atoms with Gasteiger partial charge in [-0.25, -0.2) is 4.79 Å². The number of carbonyl (C=O) groups is 2. The van der Waals surface area contributed by atoms with E-state index in [9.17, 15) is 9.59 Å². The number of amides is 1. The topological polar surface area (TPSA) is 55.4 Å². The SMILES string of the molecule is Cc1cc(C)cc(NC(=O)COC(=O)c2ccc(Cl)s2)c1. The minimum atomic E-state index is -0.553. The molecule has 0 unspecified atom stereocenters. The highest BCUT2D eigenvalue weighted by Gasteiger charge is 2.12. The largest absolute Gasteiger partial charge is 0.451 e. The predicted molar refractivity (Wildman–Crippen MR) is 84.2 cm³/mol. The van der Waals surface area contributed by atoms with Crippen molar-refractivity contribution in [3.8, 4) is 0 Å². The minimum absolute atomic E-state index is 0.332. The molecule has 2 aromatic rings. The first kappa shape index (κ1) is 15.5. The molecule has 21 heavy (non-hydrogen) atoms. The van der Waals surface area contributed by atoms with Crippen LogP contribution in [0.3, 0.4) is 0 Å². The summed E-state index contributed by atoms with van der Waals surface area (Å²) in [5.41, 5.74) is 2.79. The number of hydrogen-bond acceptors (Lipinski definition) is 4. The van der Waals surface area contributed by atoms with Crippen molar-refractivity contribution >= 4 is 40.5 Å². The van der Waals surface area contributed by atoms with E-state index in [1.54, 1.807) is 12.1 Å². The third-order valence-corrected chi connectivity index (χ3v) is 3.83. The molecule has 0 bridgehead atoms. The van der Waals surface area contributed by atoms with Crippen LogP contribution in [-0.2, 0) is 9.53 Å². The highest BCUT2D eigenvalue weighted by Crippen LogP contribution is 2.22. The van der Waals surface area contributed by atoms with Crippen LogP contribution in [0.2, 0.25) is 4.34 Å². The zero-order valence-electron chi connectivity index (χ0n) is 11.6. The Labute approximate surface area is 131 Å². The summed E-state index contributed by atoms with van der Waals surface area (Å²) in [7, 11) is 0. The summed E-state index contributed by atoms with van der Waals surface area (Å²) >= 11 is 6.85. The van der Waals surface area contributed by atoms with Crippen molar-refractivity contribution in [3.05, 3.63) is 50.7 Å². The molecule has 0 atom stereocenters. The van der Waals surface area contributed by atoms with Gasteiger partial charge in [0.2, 0.25) is 0 Å². The molecule has 1 aromatic carbocycles. The molecule has 0 spiro atoms. The monoisotopic (exact) mass is 323 g/mol. The minimum Gasteiger partial charge on any atom is -0.451 e. The lowest BCUT2D eigenvalue weighted by atomic mass is 10.1. The Bertz CT molecular complexity index is 661. The van der Waals surface area contributed by atoms with Crippen LogP contribution >= 0.6 is 22.9 Å². The van der Waals surface area contributed by atoms with Crippen LogP contribution < -0.4 is 5.32 Å². The first-order valence-electron chi connectivity index (χ1n) is 6.24.